The fraction of sp³-hybridized carbons (Fsp3) is 0.289. The van der Waals surface area contributed by atoms with E-state index in [9.17, 15) is 9.59 Å². The molecule has 61 heavy (non-hydrogen) atoms. The quantitative estimate of drug-likeness (QED) is 0.0397. The summed E-state index contributed by atoms with van der Waals surface area (Å²) in [6, 6.07) is 33.6. The summed E-state index contributed by atoms with van der Waals surface area (Å²) in [4.78, 5) is 38.3. The van der Waals surface area contributed by atoms with Crippen molar-refractivity contribution in [2.45, 2.75) is 56.8 Å². The van der Waals surface area contributed by atoms with Crippen LogP contribution in [-0.2, 0) is 27.3 Å². The number of nitrogens with one attached hydrogen (secondary N) is 1. The maximum atomic E-state index is 15.3. The number of H-pyrrole nitrogens is 1. The fourth-order valence-electron chi connectivity index (χ4n) is 7.69. The molecule has 1 N–H and O–H groups in total. The molecule has 1 aliphatic heterocycles. The molecule has 3 heterocycles. The SMILES string of the molecule is C=CCOP(=O)(OC(C(=O)c1ccccc1)c1cc(OC)cc(OC)c1)O[C@H]1C[C@H](n2cnc3c(=O)[nH]cnc32)O[C@@H]1CO[Si](c1ccccc1)(c1ccccc1)C(C)(C)C. The van der Waals surface area contributed by atoms with Gasteiger partial charge in [0.25, 0.3) is 13.9 Å². The number of aromatic amines is 1. The number of fused-ring (bicyclic) bond motifs is 1. The lowest BCUT2D eigenvalue weighted by Gasteiger charge is -2.43. The monoisotopic (exact) mass is 864 g/mol. The summed E-state index contributed by atoms with van der Waals surface area (Å²) in [5.74, 6) is 0.230. The van der Waals surface area contributed by atoms with E-state index in [1.165, 1.54) is 33.0 Å². The number of nitrogens with zero attached hydrogens (tertiary/aromatic N) is 3. The van der Waals surface area contributed by atoms with Crippen molar-refractivity contribution < 1.29 is 41.6 Å². The lowest BCUT2D eigenvalue weighted by molar-refractivity contribution is -0.0430. The van der Waals surface area contributed by atoms with Gasteiger partial charge in [-0.05, 0) is 33.1 Å². The van der Waals surface area contributed by atoms with Crippen LogP contribution in [0, 0.1) is 0 Å². The van der Waals surface area contributed by atoms with E-state index < -0.39 is 52.0 Å². The maximum Gasteiger partial charge on any atom is 0.476 e. The second-order valence-electron chi connectivity index (χ2n) is 15.4. The van der Waals surface area contributed by atoms with Gasteiger partial charge in [0.1, 0.15) is 29.9 Å². The Balaban J connectivity index is 1.30. The summed E-state index contributed by atoms with van der Waals surface area (Å²) in [7, 11) is -4.90. The molecule has 0 amide bonds. The van der Waals surface area contributed by atoms with Crippen molar-refractivity contribution >= 4 is 43.5 Å². The minimum Gasteiger partial charge on any atom is -0.497 e. The highest BCUT2D eigenvalue weighted by molar-refractivity contribution is 7.48. The average molecular weight is 865 g/mol. The summed E-state index contributed by atoms with van der Waals surface area (Å²) in [6.45, 7) is 9.97. The molecule has 16 heteroatoms. The molecular formula is C45H49N4O10PSi. The van der Waals surface area contributed by atoms with Crippen molar-refractivity contribution in [1.29, 1.82) is 0 Å². The first-order valence-corrected chi connectivity index (χ1v) is 23.1. The van der Waals surface area contributed by atoms with E-state index in [2.05, 4.69) is 66.6 Å². The van der Waals surface area contributed by atoms with Crippen LogP contribution < -0.4 is 25.4 Å². The highest BCUT2D eigenvalue weighted by Gasteiger charge is 2.52. The number of hydrogen-bond donors (Lipinski definition) is 1. The van der Waals surface area contributed by atoms with E-state index in [1.807, 2.05) is 36.4 Å². The molecule has 1 fully saturated rings. The molecule has 2 aromatic heterocycles. The normalized spacial score (nSPS) is 18.3. The van der Waals surface area contributed by atoms with E-state index in [4.69, 9.17) is 32.2 Å². The van der Waals surface area contributed by atoms with Crippen LogP contribution in [0.2, 0.25) is 5.04 Å². The maximum absolute atomic E-state index is 15.3. The molecule has 7 rings (SSSR count). The molecule has 0 spiro atoms. The molecule has 0 bridgehead atoms. The van der Waals surface area contributed by atoms with E-state index in [-0.39, 0.29) is 41.4 Å². The van der Waals surface area contributed by atoms with Crippen molar-refractivity contribution in [3.63, 3.8) is 0 Å². The Morgan fingerprint density at radius 3 is 2.13 bits per heavy atom. The van der Waals surface area contributed by atoms with Crippen molar-refractivity contribution in [2.24, 2.45) is 0 Å². The zero-order chi connectivity index (χ0) is 43.2. The van der Waals surface area contributed by atoms with Gasteiger partial charge in [0, 0.05) is 18.1 Å². The first-order chi connectivity index (χ1) is 29.4. The summed E-state index contributed by atoms with van der Waals surface area (Å²) in [5, 5.41) is 1.71. The third kappa shape index (κ3) is 9.24. The Morgan fingerprint density at radius 2 is 1.56 bits per heavy atom. The molecule has 6 aromatic rings. The minimum atomic E-state index is -4.73. The number of benzene rings is 4. The van der Waals surface area contributed by atoms with Crippen LogP contribution in [-0.4, -0.2) is 73.3 Å². The molecule has 0 radical (unpaired) electrons. The van der Waals surface area contributed by atoms with Crippen molar-refractivity contribution in [3.05, 3.63) is 156 Å². The van der Waals surface area contributed by atoms with Crippen LogP contribution in [0.4, 0.5) is 0 Å². The van der Waals surface area contributed by atoms with E-state index in [1.54, 1.807) is 53.1 Å². The molecule has 14 nitrogen and oxygen atoms in total. The third-order valence-corrected chi connectivity index (χ3v) is 17.0. The second-order valence-corrected chi connectivity index (χ2v) is 21.3. The van der Waals surface area contributed by atoms with Gasteiger partial charge in [-0.3, -0.25) is 27.7 Å². The Hall–Kier alpha value is -5.51. The number of ketones is 1. The van der Waals surface area contributed by atoms with Crippen molar-refractivity contribution in [2.75, 3.05) is 27.4 Å². The summed E-state index contributed by atoms with van der Waals surface area (Å²) in [5.41, 5.74) is 0.558. The molecule has 0 aliphatic carbocycles. The van der Waals surface area contributed by atoms with Gasteiger partial charge in [0.2, 0.25) is 0 Å². The topological polar surface area (TPSA) is 162 Å². The molecule has 1 saturated heterocycles. The number of phosphoric ester groups is 1. The first kappa shape index (κ1) is 43.6. The first-order valence-electron chi connectivity index (χ1n) is 19.7. The van der Waals surface area contributed by atoms with E-state index in [0.717, 1.165) is 10.4 Å². The van der Waals surface area contributed by atoms with E-state index in [0.29, 0.717) is 17.1 Å². The Bertz CT molecular complexity index is 2490. The van der Waals surface area contributed by atoms with Gasteiger partial charge >= 0.3 is 7.82 Å². The van der Waals surface area contributed by atoms with Gasteiger partial charge in [0.15, 0.2) is 23.1 Å². The zero-order valence-corrected chi connectivity index (χ0v) is 36.5. The van der Waals surface area contributed by atoms with Crippen LogP contribution in [0.15, 0.2) is 139 Å². The fourth-order valence-corrected chi connectivity index (χ4v) is 13.8. The predicted molar refractivity (Wildman–Crippen MR) is 233 cm³/mol. The number of ether oxygens (including phenoxy) is 3. The van der Waals surface area contributed by atoms with E-state index >= 15 is 4.57 Å². The third-order valence-electron chi connectivity index (χ3n) is 10.6. The van der Waals surface area contributed by atoms with Crippen LogP contribution in [0.3, 0.4) is 0 Å². The van der Waals surface area contributed by atoms with Gasteiger partial charge < -0.3 is 23.6 Å². The number of phosphoric acid groups is 1. The highest BCUT2D eigenvalue weighted by atomic mass is 31.2. The van der Waals surface area contributed by atoms with Gasteiger partial charge in [0.05, 0.1) is 40.1 Å². The van der Waals surface area contributed by atoms with Gasteiger partial charge in [-0.1, -0.05) is 118 Å². The second kappa shape index (κ2) is 18.6. The predicted octanol–water partition coefficient (Wildman–Crippen LogP) is 7.34. The van der Waals surface area contributed by atoms with Gasteiger partial charge in [-0.2, -0.15) is 0 Å². The molecule has 5 atom stereocenters. The van der Waals surface area contributed by atoms with Crippen LogP contribution in [0.25, 0.3) is 11.2 Å². The largest absolute Gasteiger partial charge is 0.497 e. The smallest absolute Gasteiger partial charge is 0.476 e. The van der Waals surface area contributed by atoms with Gasteiger partial charge in [-0.15, -0.1) is 6.58 Å². The molecule has 318 valence electrons. The summed E-state index contributed by atoms with van der Waals surface area (Å²) < 4.78 is 60.8. The lowest BCUT2D eigenvalue weighted by Crippen LogP contribution is -2.67. The Kier molecular flexibility index (Phi) is 13.3. The summed E-state index contributed by atoms with van der Waals surface area (Å²) in [6.07, 6.45) is -0.00653. The van der Waals surface area contributed by atoms with Crippen molar-refractivity contribution in [3.8, 4) is 11.5 Å². The molecular weight excluding hydrogens is 816 g/mol. The number of rotatable bonds is 18. The Morgan fingerprint density at radius 1 is 0.951 bits per heavy atom. The van der Waals surface area contributed by atoms with Crippen molar-refractivity contribution in [1.82, 2.24) is 19.5 Å². The lowest BCUT2D eigenvalue weighted by atomic mass is 9.99. The average Bonchev–Trinajstić information content (AvgIpc) is 3.89. The number of hydrogen-bond acceptors (Lipinski definition) is 12. The van der Waals surface area contributed by atoms with Crippen LogP contribution in [0.5, 0.6) is 11.5 Å². The standard InChI is InChI=1S/C45H49N4O10PSi/c1-7-23-55-60(52,59-42(41(50)31-17-11-8-12-18-31)32-24-33(53-5)26-34(25-32)54-6)58-37-27-39(49-30-48-40-43(49)46-29-47-44(40)51)57-38(37)28-56-61(45(2,3)4,35-19-13-9-14-20-35)36-21-15-10-16-22-36/h7-22,24-26,29-30,37-39,42H,1,23,27-28H2,2-6H3,(H,46,47,51)/t37-,38+,39+,42?,60?/m0/s1. The molecule has 1 aliphatic rings. The number of aromatic nitrogens is 4. The molecule has 2 unspecified atom stereocenters. The Labute approximate surface area is 355 Å². The van der Waals surface area contributed by atoms with Gasteiger partial charge in [-0.25, -0.2) is 14.5 Å². The number of methoxy groups -OCH3 is 2. The number of Topliss-reactive ketones (excluding diaryl/α,β-unsaturated/α-hetero) is 1. The summed E-state index contributed by atoms with van der Waals surface area (Å²) >= 11 is 0. The van der Waals surface area contributed by atoms with Crippen LogP contribution in [0.1, 0.15) is 55.4 Å². The number of imidazole rings is 1. The van der Waals surface area contributed by atoms with Crippen LogP contribution >= 0.6 is 7.82 Å². The molecule has 4 aromatic carbocycles. The highest BCUT2D eigenvalue weighted by Crippen LogP contribution is 2.57. The number of carbonyl (C=O) groups is 1. The number of carbonyl (C=O) groups excluding carboxylic acids is 1. The zero-order valence-electron chi connectivity index (χ0n) is 34.6. The minimum absolute atomic E-state index is 0.0179. The molecule has 0 saturated carbocycles.